The van der Waals surface area contributed by atoms with Crippen molar-refractivity contribution in [1.29, 1.82) is 0 Å². The minimum absolute atomic E-state index is 0.240. The zero-order chi connectivity index (χ0) is 12.6. The summed E-state index contributed by atoms with van der Waals surface area (Å²) in [5.41, 5.74) is 1.62. The molecule has 2 saturated heterocycles. The van der Waals surface area contributed by atoms with Crippen molar-refractivity contribution >= 4 is 0 Å². The van der Waals surface area contributed by atoms with E-state index >= 15 is 0 Å². The summed E-state index contributed by atoms with van der Waals surface area (Å²) in [6.45, 7) is 8.82. The number of benzene rings is 1. The van der Waals surface area contributed by atoms with Gasteiger partial charge in [-0.05, 0) is 19.4 Å². The second-order valence-corrected chi connectivity index (χ2v) is 6.11. The first-order valence-electron chi connectivity index (χ1n) is 6.61. The molecule has 1 spiro atoms. The maximum Gasteiger partial charge on any atom is 0.162 e. The fourth-order valence-electron chi connectivity index (χ4n) is 2.78. The summed E-state index contributed by atoms with van der Waals surface area (Å²) in [5.74, 6) is -0.398. The van der Waals surface area contributed by atoms with Crippen molar-refractivity contribution in [3.05, 3.63) is 35.9 Å². The molecule has 3 nitrogen and oxygen atoms in total. The zero-order valence-electron chi connectivity index (χ0n) is 11.2. The van der Waals surface area contributed by atoms with Crippen molar-refractivity contribution in [1.82, 2.24) is 4.90 Å². The van der Waals surface area contributed by atoms with Crippen LogP contribution in [0.3, 0.4) is 0 Å². The monoisotopic (exact) mass is 247 g/mol. The van der Waals surface area contributed by atoms with Crippen LogP contribution in [0.5, 0.6) is 0 Å². The van der Waals surface area contributed by atoms with Gasteiger partial charge in [0.2, 0.25) is 0 Å². The lowest BCUT2D eigenvalue weighted by Gasteiger charge is -2.54. The molecule has 18 heavy (non-hydrogen) atoms. The maximum atomic E-state index is 5.77. The largest absolute Gasteiger partial charge is 0.350 e. The lowest BCUT2D eigenvalue weighted by molar-refractivity contribution is -0.305. The summed E-state index contributed by atoms with van der Waals surface area (Å²) in [7, 11) is 0. The minimum atomic E-state index is -0.398. The average Bonchev–Trinajstić information content (AvgIpc) is 2.31. The number of likely N-dealkylation sites (tertiary alicyclic amines) is 1. The molecule has 0 radical (unpaired) electrons. The third-order valence-electron chi connectivity index (χ3n) is 3.82. The van der Waals surface area contributed by atoms with Gasteiger partial charge < -0.3 is 9.47 Å². The summed E-state index contributed by atoms with van der Waals surface area (Å²) in [4.78, 5) is 2.46. The molecule has 98 valence electrons. The van der Waals surface area contributed by atoms with Crippen molar-refractivity contribution < 1.29 is 9.47 Å². The normalized spacial score (nSPS) is 25.9. The van der Waals surface area contributed by atoms with Gasteiger partial charge in [0.1, 0.15) is 0 Å². The summed E-state index contributed by atoms with van der Waals surface area (Å²) < 4.78 is 11.5. The smallest absolute Gasteiger partial charge is 0.162 e. The number of hydrogen-bond donors (Lipinski definition) is 0. The highest BCUT2D eigenvalue weighted by Gasteiger charge is 2.48. The Hall–Kier alpha value is -0.900. The Morgan fingerprint density at radius 1 is 1.06 bits per heavy atom. The van der Waals surface area contributed by atoms with Gasteiger partial charge >= 0.3 is 0 Å². The van der Waals surface area contributed by atoms with Crippen molar-refractivity contribution in [2.45, 2.75) is 26.2 Å². The first kappa shape index (κ1) is 12.2. The van der Waals surface area contributed by atoms with Crippen LogP contribution in [0.4, 0.5) is 0 Å². The molecule has 1 aromatic rings. The van der Waals surface area contributed by atoms with Gasteiger partial charge in [-0.3, -0.25) is 4.90 Å². The Balaban J connectivity index is 1.52. The Bertz CT molecular complexity index is 398. The zero-order valence-corrected chi connectivity index (χ0v) is 11.2. The minimum Gasteiger partial charge on any atom is -0.350 e. The van der Waals surface area contributed by atoms with Crippen molar-refractivity contribution in [2.75, 3.05) is 26.3 Å². The Morgan fingerprint density at radius 2 is 1.67 bits per heavy atom. The van der Waals surface area contributed by atoms with E-state index in [1.807, 2.05) is 13.8 Å². The molecule has 0 bridgehead atoms. The molecule has 0 aromatic heterocycles. The van der Waals surface area contributed by atoms with Crippen LogP contribution in [0, 0.1) is 5.41 Å². The van der Waals surface area contributed by atoms with E-state index in [-0.39, 0.29) is 5.41 Å². The Morgan fingerprint density at radius 3 is 2.28 bits per heavy atom. The quantitative estimate of drug-likeness (QED) is 0.800. The van der Waals surface area contributed by atoms with Crippen molar-refractivity contribution in [3.63, 3.8) is 0 Å². The van der Waals surface area contributed by atoms with Gasteiger partial charge in [0.15, 0.2) is 5.79 Å². The number of nitrogens with zero attached hydrogens (tertiary/aromatic N) is 1. The van der Waals surface area contributed by atoms with Crippen LogP contribution < -0.4 is 0 Å². The fourth-order valence-corrected chi connectivity index (χ4v) is 2.78. The molecule has 3 heteroatoms. The molecule has 0 unspecified atom stereocenters. The standard InChI is InChI=1S/C15H21NO2/c1-14(2)17-11-15(12-18-14)9-16(10-15)8-13-6-4-3-5-7-13/h3-7H,8-12H2,1-2H3. The topological polar surface area (TPSA) is 21.7 Å². The first-order chi connectivity index (χ1) is 8.57. The summed E-state index contributed by atoms with van der Waals surface area (Å²) in [5, 5.41) is 0. The molecule has 0 amide bonds. The van der Waals surface area contributed by atoms with Crippen molar-refractivity contribution in [3.8, 4) is 0 Å². The Labute approximate surface area is 109 Å². The molecule has 0 saturated carbocycles. The number of ether oxygens (including phenoxy) is 2. The van der Waals surface area contributed by atoms with Crippen LogP contribution in [-0.4, -0.2) is 37.0 Å². The van der Waals surface area contributed by atoms with Crippen LogP contribution >= 0.6 is 0 Å². The SMILES string of the molecule is CC1(C)OCC2(CO1)CN(Cc1ccccc1)C2. The van der Waals surface area contributed by atoms with Crippen LogP contribution in [0.15, 0.2) is 30.3 Å². The van der Waals surface area contributed by atoms with E-state index in [1.54, 1.807) is 0 Å². The highest BCUT2D eigenvalue weighted by Crippen LogP contribution is 2.38. The molecule has 2 aliphatic heterocycles. The van der Waals surface area contributed by atoms with Crippen LogP contribution in [-0.2, 0) is 16.0 Å². The second-order valence-electron chi connectivity index (χ2n) is 6.11. The molecular formula is C15H21NO2. The van der Waals surface area contributed by atoms with E-state index < -0.39 is 5.79 Å². The molecule has 2 fully saturated rings. The van der Waals surface area contributed by atoms with E-state index in [1.165, 1.54) is 5.56 Å². The molecule has 2 aliphatic rings. The molecular weight excluding hydrogens is 226 g/mol. The lowest BCUT2D eigenvalue weighted by atomic mass is 9.80. The van der Waals surface area contributed by atoms with Gasteiger partial charge in [-0.2, -0.15) is 0 Å². The lowest BCUT2D eigenvalue weighted by Crippen LogP contribution is -2.64. The summed E-state index contributed by atoms with van der Waals surface area (Å²) in [6.07, 6.45) is 0. The third-order valence-corrected chi connectivity index (χ3v) is 3.82. The maximum absolute atomic E-state index is 5.77. The highest BCUT2D eigenvalue weighted by atomic mass is 16.7. The van der Waals surface area contributed by atoms with Gasteiger partial charge in [-0.15, -0.1) is 0 Å². The van der Waals surface area contributed by atoms with Crippen LogP contribution in [0.2, 0.25) is 0 Å². The third kappa shape index (κ3) is 2.44. The first-order valence-corrected chi connectivity index (χ1v) is 6.61. The molecule has 1 aromatic carbocycles. The van der Waals surface area contributed by atoms with E-state index in [9.17, 15) is 0 Å². The number of hydrogen-bond acceptors (Lipinski definition) is 3. The molecule has 2 heterocycles. The summed E-state index contributed by atoms with van der Waals surface area (Å²) in [6, 6.07) is 10.6. The Kier molecular flexibility index (Phi) is 2.93. The second kappa shape index (κ2) is 4.34. The van der Waals surface area contributed by atoms with Gasteiger partial charge in [0.25, 0.3) is 0 Å². The predicted octanol–water partition coefficient (Wildman–Crippen LogP) is 2.27. The van der Waals surface area contributed by atoms with E-state index in [0.717, 1.165) is 32.8 Å². The van der Waals surface area contributed by atoms with Gasteiger partial charge in [-0.1, -0.05) is 30.3 Å². The van der Waals surface area contributed by atoms with Gasteiger partial charge in [-0.25, -0.2) is 0 Å². The number of rotatable bonds is 2. The van der Waals surface area contributed by atoms with Crippen LogP contribution in [0.1, 0.15) is 19.4 Å². The molecule has 3 rings (SSSR count). The van der Waals surface area contributed by atoms with Crippen molar-refractivity contribution in [2.24, 2.45) is 5.41 Å². The molecule has 0 atom stereocenters. The van der Waals surface area contributed by atoms with E-state index in [2.05, 4.69) is 35.2 Å². The van der Waals surface area contributed by atoms with E-state index in [4.69, 9.17) is 9.47 Å². The summed E-state index contributed by atoms with van der Waals surface area (Å²) >= 11 is 0. The van der Waals surface area contributed by atoms with E-state index in [0.29, 0.717) is 0 Å². The molecule has 0 aliphatic carbocycles. The average molecular weight is 247 g/mol. The van der Waals surface area contributed by atoms with Gasteiger partial charge in [0.05, 0.1) is 13.2 Å². The predicted molar refractivity (Wildman–Crippen MR) is 70.1 cm³/mol. The highest BCUT2D eigenvalue weighted by molar-refractivity contribution is 5.15. The molecule has 0 N–H and O–H groups in total. The fraction of sp³-hybridized carbons (Fsp3) is 0.600. The van der Waals surface area contributed by atoms with Crippen LogP contribution in [0.25, 0.3) is 0 Å². The van der Waals surface area contributed by atoms with Gasteiger partial charge in [0, 0.05) is 25.0 Å².